The van der Waals surface area contributed by atoms with Crippen LogP contribution in [0.3, 0.4) is 0 Å². The molecule has 1 atom stereocenters. The van der Waals surface area contributed by atoms with Gasteiger partial charge in [-0.2, -0.15) is 4.31 Å². The summed E-state index contributed by atoms with van der Waals surface area (Å²) in [4.78, 5) is 28.6. The standard InChI is InChI=1S/C19H25N3O4S/c1-14-2-4-16(5-3-14)22-13-15(12-18(22)23)19(24)20-8-10-21(11-9-20)27(25,26)17-6-7-17/h2-5,15,17H,6-13H2,1H3. The van der Waals surface area contributed by atoms with E-state index < -0.39 is 10.0 Å². The zero-order valence-corrected chi connectivity index (χ0v) is 16.3. The number of hydrogen-bond acceptors (Lipinski definition) is 4. The first-order chi connectivity index (χ1) is 12.9. The van der Waals surface area contributed by atoms with Crippen molar-refractivity contribution in [2.75, 3.05) is 37.6 Å². The molecule has 1 saturated carbocycles. The van der Waals surface area contributed by atoms with Gasteiger partial charge in [0.2, 0.25) is 21.8 Å². The van der Waals surface area contributed by atoms with Crippen molar-refractivity contribution in [1.82, 2.24) is 9.21 Å². The Morgan fingerprint density at radius 3 is 2.26 bits per heavy atom. The molecule has 2 heterocycles. The second-order valence-corrected chi connectivity index (χ2v) is 9.92. The third-order valence-corrected chi connectivity index (χ3v) is 8.07. The minimum atomic E-state index is -3.18. The summed E-state index contributed by atoms with van der Waals surface area (Å²) in [6.45, 7) is 3.89. The lowest BCUT2D eigenvalue weighted by Crippen LogP contribution is -2.52. The molecule has 0 aromatic heterocycles. The number of nitrogens with zero attached hydrogens (tertiary/aromatic N) is 3. The Morgan fingerprint density at radius 1 is 1.04 bits per heavy atom. The van der Waals surface area contributed by atoms with Gasteiger partial charge in [0.25, 0.3) is 0 Å². The lowest BCUT2D eigenvalue weighted by atomic mass is 10.1. The smallest absolute Gasteiger partial charge is 0.228 e. The molecule has 3 fully saturated rings. The van der Waals surface area contributed by atoms with Gasteiger partial charge in [-0.25, -0.2) is 8.42 Å². The summed E-state index contributed by atoms with van der Waals surface area (Å²) in [5, 5.41) is -0.213. The number of amides is 2. The van der Waals surface area contributed by atoms with Crippen LogP contribution in [-0.4, -0.2) is 67.4 Å². The molecule has 146 valence electrons. The normalized spacial score (nSPS) is 24.5. The van der Waals surface area contributed by atoms with Gasteiger partial charge < -0.3 is 9.80 Å². The van der Waals surface area contributed by atoms with Crippen molar-refractivity contribution >= 4 is 27.5 Å². The predicted molar refractivity (Wildman–Crippen MR) is 102 cm³/mol. The fourth-order valence-corrected chi connectivity index (χ4v) is 5.67. The quantitative estimate of drug-likeness (QED) is 0.767. The molecule has 2 amide bonds. The van der Waals surface area contributed by atoms with Crippen molar-refractivity contribution in [2.24, 2.45) is 5.92 Å². The average molecular weight is 391 g/mol. The SMILES string of the molecule is Cc1ccc(N2CC(C(=O)N3CCN(S(=O)(=O)C4CC4)CC3)CC2=O)cc1. The van der Waals surface area contributed by atoms with E-state index in [1.54, 1.807) is 9.80 Å². The minimum Gasteiger partial charge on any atom is -0.340 e. The van der Waals surface area contributed by atoms with E-state index in [0.29, 0.717) is 32.7 Å². The number of aryl methyl sites for hydroxylation is 1. The molecule has 1 unspecified atom stereocenters. The van der Waals surface area contributed by atoms with Crippen LogP contribution in [0.2, 0.25) is 0 Å². The number of benzene rings is 1. The van der Waals surface area contributed by atoms with E-state index in [1.165, 1.54) is 4.31 Å². The lowest BCUT2D eigenvalue weighted by molar-refractivity contribution is -0.136. The maximum Gasteiger partial charge on any atom is 0.228 e. The number of hydrogen-bond donors (Lipinski definition) is 0. The van der Waals surface area contributed by atoms with E-state index in [2.05, 4.69) is 0 Å². The zero-order valence-electron chi connectivity index (χ0n) is 15.5. The first kappa shape index (κ1) is 18.4. The van der Waals surface area contributed by atoms with Crippen LogP contribution < -0.4 is 4.90 Å². The van der Waals surface area contributed by atoms with Gasteiger partial charge in [0.15, 0.2) is 0 Å². The summed E-state index contributed by atoms with van der Waals surface area (Å²) in [5.41, 5.74) is 1.94. The summed E-state index contributed by atoms with van der Waals surface area (Å²) in [7, 11) is -3.18. The highest BCUT2D eigenvalue weighted by Crippen LogP contribution is 2.32. The fourth-order valence-electron chi connectivity index (χ4n) is 3.85. The average Bonchev–Trinajstić information content (AvgIpc) is 3.45. The molecule has 0 radical (unpaired) electrons. The summed E-state index contributed by atoms with van der Waals surface area (Å²) in [6, 6.07) is 7.72. The topological polar surface area (TPSA) is 78.0 Å². The molecule has 7 nitrogen and oxygen atoms in total. The van der Waals surface area contributed by atoms with Gasteiger partial charge in [-0.1, -0.05) is 17.7 Å². The second kappa shape index (κ2) is 6.91. The Hall–Kier alpha value is -1.93. The molecule has 0 bridgehead atoms. The van der Waals surface area contributed by atoms with E-state index in [4.69, 9.17) is 0 Å². The van der Waals surface area contributed by atoms with Gasteiger partial charge in [-0.15, -0.1) is 0 Å². The Morgan fingerprint density at radius 2 is 1.67 bits per heavy atom. The number of piperazine rings is 1. The van der Waals surface area contributed by atoms with Crippen LogP contribution in [0.1, 0.15) is 24.8 Å². The first-order valence-corrected chi connectivity index (χ1v) is 11.0. The molecule has 1 aliphatic carbocycles. The van der Waals surface area contributed by atoms with Gasteiger partial charge >= 0.3 is 0 Å². The van der Waals surface area contributed by atoms with Crippen molar-refractivity contribution in [3.05, 3.63) is 29.8 Å². The number of sulfonamides is 1. The molecule has 0 spiro atoms. The van der Waals surface area contributed by atoms with Crippen molar-refractivity contribution < 1.29 is 18.0 Å². The summed E-state index contributed by atoms with van der Waals surface area (Å²) < 4.78 is 26.2. The van der Waals surface area contributed by atoms with Gasteiger partial charge in [-0.3, -0.25) is 9.59 Å². The molecule has 2 saturated heterocycles. The predicted octanol–water partition coefficient (Wildman–Crippen LogP) is 0.984. The van der Waals surface area contributed by atoms with Gasteiger partial charge in [0.1, 0.15) is 0 Å². The van der Waals surface area contributed by atoms with Gasteiger partial charge in [0, 0.05) is 44.8 Å². The van der Waals surface area contributed by atoms with Crippen LogP contribution in [-0.2, 0) is 19.6 Å². The molecular formula is C19H25N3O4S. The van der Waals surface area contributed by atoms with Gasteiger partial charge in [0.05, 0.1) is 11.2 Å². The monoisotopic (exact) mass is 391 g/mol. The highest BCUT2D eigenvalue weighted by molar-refractivity contribution is 7.90. The number of carbonyl (C=O) groups excluding carboxylic acids is 2. The Kier molecular flexibility index (Phi) is 4.71. The van der Waals surface area contributed by atoms with Gasteiger partial charge in [-0.05, 0) is 31.9 Å². The minimum absolute atomic E-state index is 0.0350. The number of anilines is 1. The molecule has 2 aliphatic heterocycles. The van der Waals surface area contributed by atoms with Crippen LogP contribution in [0.25, 0.3) is 0 Å². The lowest BCUT2D eigenvalue weighted by Gasteiger charge is -2.35. The third-order valence-electron chi connectivity index (χ3n) is 5.68. The molecule has 4 rings (SSSR count). The van der Waals surface area contributed by atoms with Crippen molar-refractivity contribution in [3.63, 3.8) is 0 Å². The van der Waals surface area contributed by atoms with E-state index in [9.17, 15) is 18.0 Å². The van der Waals surface area contributed by atoms with Crippen LogP contribution in [0.4, 0.5) is 5.69 Å². The molecule has 27 heavy (non-hydrogen) atoms. The van der Waals surface area contributed by atoms with E-state index in [0.717, 1.165) is 24.1 Å². The maximum atomic E-state index is 12.9. The van der Waals surface area contributed by atoms with Crippen LogP contribution in [0.15, 0.2) is 24.3 Å². The molecule has 1 aromatic carbocycles. The summed E-state index contributed by atoms with van der Waals surface area (Å²) in [5.74, 6) is -0.432. The van der Waals surface area contributed by atoms with Crippen LogP contribution in [0.5, 0.6) is 0 Å². The van der Waals surface area contributed by atoms with Crippen molar-refractivity contribution in [3.8, 4) is 0 Å². The van der Waals surface area contributed by atoms with Crippen LogP contribution in [0, 0.1) is 12.8 Å². The molecule has 0 N–H and O–H groups in total. The Balaban J connectivity index is 1.36. The zero-order chi connectivity index (χ0) is 19.2. The van der Waals surface area contributed by atoms with E-state index in [-0.39, 0.29) is 29.4 Å². The highest BCUT2D eigenvalue weighted by Gasteiger charge is 2.43. The summed E-state index contributed by atoms with van der Waals surface area (Å²) >= 11 is 0. The Labute approximate surface area is 160 Å². The molecule has 3 aliphatic rings. The molecular weight excluding hydrogens is 366 g/mol. The second-order valence-electron chi connectivity index (χ2n) is 7.71. The number of carbonyl (C=O) groups is 2. The van der Waals surface area contributed by atoms with E-state index in [1.807, 2.05) is 31.2 Å². The first-order valence-electron chi connectivity index (χ1n) is 9.51. The van der Waals surface area contributed by atoms with Crippen LogP contribution >= 0.6 is 0 Å². The highest BCUT2D eigenvalue weighted by atomic mass is 32.2. The number of rotatable bonds is 4. The Bertz CT molecular complexity index is 840. The van der Waals surface area contributed by atoms with Crippen molar-refractivity contribution in [1.29, 1.82) is 0 Å². The largest absolute Gasteiger partial charge is 0.340 e. The summed E-state index contributed by atoms with van der Waals surface area (Å²) in [6.07, 6.45) is 1.72. The molecule has 1 aromatic rings. The maximum absolute atomic E-state index is 12.9. The van der Waals surface area contributed by atoms with E-state index >= 15 is 0 Å². The third kappa shape index (κ3) is 3.60. The molecule has 8 heteroatoms. The van der Waals surface area contributed by atoms with Crippen molar-refractivity contribution in [2.45, 2.75) is 31.4 Å². The fraction of sp³-hybridized carbons (Fsp3) is 0.579.